The summed E-state index contributed by atoms with van der Waals surface area (Å²) in [6, 6.07) is 8.71. The van der Waals surface area contributed by atoms with Gasteiger partial charge in [-0.3, -0.25) is 0 Å². The standard InChI is InChI=1S/C16H14O4/c17-14-8-7-13(15(20-14)16(18)19)12-6-5-10-3-1-2-4-11(10)9-12/h5-9H,1-4H2,(H,18,19). The Kier molecular flexibility index (Phi) is 3.14. The number of aromatic carboxylic acids is 1. The molecule has 2 aromatic rings. The van der Waals surface area contributed by atoms with Crippen molar-refractivity contribution in [3.05, 3.63) is 57.6 Å². The Balaban J connectivity index is 2.13. The smallest absolute Gasteiger partial charge is 0.372 e. The fourth-order valence-electron chi connectivity index (χ4n) is 2.70. The van der Waals surface area contributed by atoms with E-state index in [0.717, 1.165) is 24.8 Å². The molecule has 0 aliphatic heterocycles. The molecule has 0 fully saturated rings. The molecule has 0 atom stereocenters. The number of carboxylic acid groups (broad SMARTS) is 1. The molecule has 20 heavy (non-hydrogen) atoms. The predicted octanol–water partition coefficient (Wildman–Crippen LogP) is 2.88. The van der Waals surface area contributed by atoms with Crippen molar-refractivity contribution in [3.63, 3.8) is 0 Å². The van der Waals surface area contributed by atoms with E-state index in [1.165, 1.54) is 29.7 Å². The van der Waals surface area contributed by atoms with Crippen LogP contribution in [-0.4, -0.2) is 11.1 Å². The molecule has 0 saturated carbocycles. The van der Waals surface area contributed by atoms with Gasteiger partial charge < -0.3 is 9.52 Å². The van der Waals surface area contributed by atoms with Crippen molar-refractivity contribution in [1.29, 1.82) is 0 Å². The highest BCUT2D eigenvalue weighted by atomic mass is 16.4. The lowest BCUT2D eigenvalue weighted by atomic mass is 9.89. The first-order valence-corrected chi connectivity index (χ1v) is 6.65. The van der Waals surface area contributed by atoms with E-state index in [1.54, 1.807) is 0 Å². The highest BCUT2D eigenvalue weighted by Crippen LogP contribution is 2.28. The molecule has 3 rings (SSSR count). The summed E-state index contributed by atoms with van der Waals surface area (Å²) in [6.07, 6.45) is 4.45. The van der Waals surface area contributed by atoms with E-state index in [4.69, 9.17) is 9.52 Å². The molecule has 1 aromatic carbocycles. The molecular weight excluding hydrogens is 256 g/mol. The van der Waals surface area contributed by atoms with Crippen molar-refractivity contribution in [2.24, 2.45) is 0 Å². The summed E-state index contributed by atoms with van der Waals surface area (Å²) in [5.41, 5.74) is 3.17. The molecule has 1 N–H and O–H groups in total. The van der Waals surface area contributed by atoms with Crippen molar-refractivity contribution in [1.82, 2.24) is 0 Å². The third-order valence-corrected chi connectivity index (χ3v) is 3.69. The Hall–Kier alpha value is -2.36. The van der Waals surface area contributed by atoms with Gasteiger partial charge in [-0.2, -0.15) is 0 Å². The zero-order valence-corrected chi connectivity index (χ0v) is 10.9. The number of hydrogen-bond acceptors (Lipinski definition) is 3. The van der Waals surface area contributed by atoms with Gasteiger partial charge in [-0.1, -0.05) is 18.2 Å². The second kappa shape index (κ2) is 4.96. The Labute approximate surface area is 115 Å². The van der Waals surface area contributed by atoms with Gasteiger partial charge in [0.25, 0.3) is 0 Å². The van der Waals surface area contributed by atoms with Gasteiger partial charge in [0.2, 0.25) is 5.76 Å². The van der Waals surface area contributed by atoms with Crippen LogP contribution in [0.2, 0.25) is 0 Å². The average Bonchev–Trinajstić information content (AvgIpc) is 2.46. The second-order valence-electron chi connectivity index (χ2n) is 4.99. The topological polar surface area (TPSA) is 67.5 Å². The van der Waals surface area contributed by atoms with Gasteiger partial charge in [0.15, 0.2) is 0 Å². The van der Waals surface area contributed by atoms with Crippen LogP contribution >= 0.6 is 0 Å². The predicted molar refractivity (Wildman–Crippen MR) is 74.0 cm³/mol. The van der Waals surface area contributed by atoms with E-state index in [1.807, 2.05) is 18.2 Å². The zero-order valence-electron chi connectivity index (χ0n) is 10.9. The molecule has 1 aromatic heterocycles. The first kappa shape index (κ1) is 12.7. The minimum atomic E-state index is -1.23. The van der Waals surface area contributed by atoms with Crippen molar-refractivity contribution < 1.29 is 14.3 Å². The molecule has 4 nitrogen and oxygen atoms in total. The number of carbonyl (C=O) groups is 1. The monoisotopic (exact) mass is 270 g/mol. The van der Waals surface area contributed by atoms with Gasteiger partial charge in [0.05, 0.1) is 0 Å². The number of hydrogen-bond donors (Lipinski definition) is 1. The molecule has 0 amide bonds. The summed E-state index contributed by atoms with van der Waals surface area (Å²) in [6.45, 7) is 0. The number of aryl methyl sites for hydroxylation is 2. The van der Waals surface area contributed by atoms with Gasteiger partial charge in [-0.05, 0) is 48.4 Å². The summed E-state index contributed by atoms with van der Waals surface area (Å²) >= 11 is 0. The largest absolute Gasteiger partial charge is 0.475 e. The SMILES string of the molecule is O=C(O)c1oc(=O)ccc1-c1ccc2c(c1)CCCC2. The van der Waals surface area contributed by atoms with Crippen LogP contribution in [0.4, 0.5) is 0 Å². The van der Waals surface area contributed by atoms with E-state index in [0.29, 0.717) is 5.56 Å². The van der Waals surface area contributed by atoms with Crippen LogP contribution in [-0.2, 0) is 12.8 Å². The van der Waals surface area contributed by atoms with E-state index in [2.05, 4.69) is 0 Å². The maximum atomic E-state index is 11.2. The molecule has 0 saturated heterocycles. The quantitative estimate of drug-likeness (QED) is 0.911. The zero-order chi connectivity index (χ0) is 14.1. The number of fused-ring (bicyclic) bond motifs is 1. The molecule has 0 radical (unpaired) electrons. The molecule has 1 aliphatic carbocycles. The fraction of sp³-hybridized carbons (Fsp3) is 0.250. The average molecular weight is 270 g/mol. The van der Waals surface area contributed by atoms with Crippen LogP contribution in [0.15, 0.2) is 39.5 Å². The minimum absolute atomic E-state index is 0.298. The minimum Gasteiger partial charge on any atom is -0.475 e. The molecule has 0 bridgehead atoms. The molecule has 1 aliphatic rings. The lowest BCUT2D eigenvalue weighted by Crippen LogP contribution is -2.07. The maximum Gasteiger partial charge on any atom is 0.372 e. The Morgan fingerprint density at radius 3 is 2.55 bits per heavy atom. The van der Waals surface area contributed by atoms with Crippen molar-refractivity contribution >= 4 is 5.97 Å². The second-order valence-corrected chi connectivity index (χ2v) is 4.99. The number of carboxylic acids is 1. The lowest BCUT2D eigenvalue weighted by molar-refractivity contribution is 0.0658. The van der Waals surface area contributed by atoms with E-state index in [-0.39, 0.29) is 5.76 Å². The van der Waals surface area contributed by atoms with Gasteiger partial charge in [0, 0.05) is 11.6 Å². The van der Waals surface area contributed by atoms with Crippen LogP contribution in [0.3, 0.4) is 0 Å². The van der Waals surface area contributed by atoms with E-state index in [9.17, 15) is 9.59 Å². The van der Waals surface area contributed by atoms with Crippen molar-refractivity contribution in [2.75, 3.05) is 0 Å². The van der Waals surface area contributed by atoms with Gasteiger partial charge >= 0.3 is 11.6 Å². The molecule has 0 unspecified atom stereocenters. The molecule has 4 heteroatoms. The van der Waals surface area contributed by atoms with Crippen molar-refractivity contribution in [3.8, 4) is 11.1 Å². The summed E-state index contributed by atoms with van der Waals surface area (Å²) in [7, 11) is 0. The highest BCUT2D eigenvalue weighted by molar-refractivity contribution is 5.92. The highest BCUT2D eigenvalue weighted by Gasteiger charge is 2.17. The van der Waals surface area contributed by atoms with Crippen LogP contribution < -0.4 is 5.63 Å². The van der Waals surface area contributed by atoms with Crippen LogP contribution in [0, 0.1) is 0 Å². The van der Waals surface area contributed by atoms with E-state index < -0.39 is 11.6 Å². The summed E-state index contributed by atoms with van der Waals surface area (Å²) in [5, 5.41) is 9.16. The number of rotatable bonds is 2. The van der Waals surface area contributed by atoms with Crippen LogP contribution in [0.5, 0.6) is 0 Å². The Bertz CT molecular complexity index is 727. The van der Waals surface area contributed by atoms with Gasteiger partial charge in [-0.15, -0.1) is 0 Å². The third-order valence-electron chi connectivity index (χ3n) is 3.69. The molecule has 102 valence electrons. The lowest BCUT2D eigenvalue weighted by Gasteiger charge is -2.16. The van der Waals surface area contributed by atoms with Crippen LogP contribution in [0.25, 0.3) is 11.1 Å². The molecule has 0 spiro atoms. The first-order chi connectivity index (χ1) is 9.65. The first-order valence-electron chi connectivity index (χ1n) is 6.65. The summed E-state index contributed by atoms with van der Waals surface area (Å²) < 4.78 is 4.81. The summed E-state index contributed by atoms with van der Waals surface area (Å²) in [5.74, 6) is -1.52. The van der Waals surface area contributed by atoms with Gasteiger partial charge in [-0.25, -0.2) is 9.59 Å². The maximum absolute atomic E-state index is 11.2. The number of benzene rings is 1. The van der Waals surface area contributed by atoms with E-state index >= 15 is 0 Å². The van der Waals surface area contributed by atoms with Crippen LogP contribution in [0.1, 0.15) is 34.5 Å². The Morgan fingerprint density at radius 1 is 1.05 bits per heavy atom. The van der Waals surface area contributed by atoms with Crippen molar-refractivity contribution in [2.45, 2.75) is 25.7 Å². The third kappa shape index (κ3) is 2.25. The fourth-order valence-corrected chi connectivity index (χ4v) is 2.70. The summed E-state index contributed by atoms with van der Waals surface area (Å²) in [4.78, 5) is 22.4. The normalized spacial score (nSPS) is 13.8. The molecule has 1 heterocycles. The van der Waals surface area contributed by atoms with Gasteiger partial charge in [0.1, 0.15) is 0 Å². The Morgan fingerprint density at radius 2 is 1.80 bits per heavy atom. The molecular formula is C16H14O4.